The number of amides is 2. The van der Waals surface area contributed by atoms with Crippen molar-refractivity contribution in [3.05, 3.63) is 41.9 Å². The van der Waals surface area contributed by atoms with Crippen LogP contribution in [0.2, 0.25) is 0 Å². The number of hydrogen-bond acceptors (Lipinski definition) is 7. The molecule has 1 fully saturated rings. The Morgan fingerprint density at radius 2 is 2.22 bits per heavy atom. The van der Waals surface area contributed by atoms with Gasteiger partial charge in [0.1, 0.15) is 5.82 Å². The molecular weight excluding hydrogens is 346 g/mol. The summed E-state index contributed by atoms with van der Waals surface area (Å²) < 4.78 is 5.33. The van der Waals surface area contributed by atoms with Gasteiger partial charge in [0.15, 0.2) is 0 Å². The molecule has 0 spiro atoms. The monoisotopic (exact) mass is 369 g/mol. The van der Waals surface area contributed by atoms with E-state index in [1.54, 1.807) is 25.6 Å². The number of nitrogens with one attached hydrogen (secondary N) is 5. The Kier molecular flexibility index (Phi) is 5.94. The lowest BCUT2D eigenvalue weighted by Crippen LogP contribution is -2.45. The summed E-state index contributed by atoms with van der Waals surface area (Å²) in [6.45, 7) is 3.26. The molecule has 0 bridgehead atoms. The van der Waals surface area contributed by atoms with Crippen LogP contribution in [-0.2, 0) is 4.74 Å². The summed E-state index contributed by atoms with van der Waals surface area (Å²) in [7, 11) is 1.62. The topological polar surface area (TPSA) is 124 Å². The number of pyridine rings is 2. The molecule has 2 aromatic heterocycles. The molecule has 0 aromatic carbocycles. The molecule has 0 radical (unpaired) electrons. The number of carbonyl (C=O) groups is 1. The fourth-order valence-corrected chi connectivity index (χ4v) is 2.91. The fourth-order valence-electron chi connectivity index (χ4n) is 2.91. The van der Waals surface area contributed by atoms with E-state index in [4.69, 9.17) is 10.1 Å². The minimum Gasteiger partial charge on any atom is -0.378 e. The highest BCUT2D eigenvalue weighted by atomic mass is 16.5. The van der Waals surface area contributed by atoms with E-state index >= 15 is 0 Å². The summed E-state index contributed by atoms with van der Waals surface area (Å²) in [4.78, 5) is 20.6. The summed E-state index contributed by atoms with van der Waals surface area (Å²) in [6.07, 6.45) is 4.45. The van der Waals surface area contributed by atoms with Crippen LogP contribution >= 0.6 is 0 Å². The lowest BCUT2D eigenvalue weighted by Gasteiger charge is -2.19. The number of nitrogens with zero attached hydrogens (tertiary/aromatic N) is 2. The Morgan fingerprint density at radius 1 is 1.37 bits per heavy atom. The van der Waals surface area contributed by atoms with Crippen LogP contribution in [0.5, 0.6) is 0 Å². The molecule has 0 aliphatic carbocycles. The van der Waals surface area contributed by atoms with E-state index in [-0.39, 0.29) is 18.2 Å². The van der Waals surface area contributed by atoms with Crippen molar-refractivity contribution < 1.29 is 9.53 Å². The van der Waals surface area contributed by atoms with Gasteiger partial charge in [-0.2, -0.15) is 0 Å². The van der Waals surface area contributed by atoms with Gasteiger partial charge in [-0.1, -0.05) is 0 Å². The number of aryl methyl sites for hydroxylation is 1. The van der Waals surface area contributed by atoms with E-state index in [1.165, 1.54) is 6.21 Å². The van der Waals surface area contributed by atoms with Crippen LogP contribution in [0, 0.1) is 12.3 Å². The fraction of sp³-hybridized carbons (Fsp3) is 0.333. The minimum absolute atomic E-state index is 0.0590. The molecule has 9 heteroatoms. The Bertz CT molecular complexity index is 827. The average molecular weight is 369 g/mol. The molecule has 0 unspecified atom stereocenters. The van der Waals surface area contributed by atoms with Crippen LogP contribution in [0.15, 0.2) is 30.6 Å². The number of methoxy groups -OCH3 is 1. The Balaban J connectivity index is 1.66. The smallest absolute Gasteiger partial charge is 0.320 e. The zero-order chi connectivity index (χ0) is 19.2. The molecule has 3 heterocycles. The lowest BCUT2D eigenvalue weighted by atomic mass is 10.2. The van der Waals surface area contributed by atoms with Crippen molar-refractivity contribution in [3.8, 4) is 0 Å². The van der Waals surface area contributed by atoms with Gasteiger partial charge in [-0.15, -0.1) is 0 Å². The van der Waals surface area contributed by atoms with Gasteiger partial charge < -0.3 is 26.1 Å². The van der Waals surface area contributed by atoms with Gasteiger partial charge in [0, 0.05) is 49.6 Å². The van der Waals surface area contributed by atoms with Crippen molar-refractivity contribution in [2.75, 3.05) is 30.8 Å². The van der Waals surface area contributed by atoms with E-state index in [0.717, 1.165) is 11.4 Å². The average Bonchev–Trinajstić information content (AvgIpc) is 3.10. The van der Waals surface area contributed by atoms with Crippen LogP contribution in [0.1, 0.15) is 11.3 Å². The lowest BCUT2D eigenvalue weighted by molar-refractivity contribution is 0.0991. The molecule has 1 aliphatic heterocycles. The molecule has 3 rings (SSSR count). The van der Waals surface area contributed by atoms with Crippen LogP contribution in [0.4, 0.5) is 22.0 Å². The highest BCUT2D eigenvalue weighted by Crippen LogP contribution is 2.21. The van der Waals surface area contributed by atoms with Crippen molar-refractivity contribution in [3.63, 3.8) is 0 Å². The number of aromatic nitrogens is 2. The first kappa shape index (κ1) is 18.7. The van der Waals surface area contributed by atoms with E-state index < -0.39 is 0 Å². The van der Waals surface area contributed by atoms with Crippen molar-refractivity contribution >= 4 is 29.4 Å². The molecular formula is C18H23N7O2. The van der Waals surface area contributed by atoms with Gasteiger partial charge in [0.25, 0.3) is 0 Å². The van der Waals surface area contributed by atoms with Crippen molar-refractivity contribution in [2.45, 2.75) is 19.1 Å². The molecule has 5 N–H and O–H groups in total. The summed E-state index contributed by atoms with van der Waals surface area (Å²) in [5, 5.41) is 19.6. The van der Waals surface area contributed by atoms with Crippen LogP contribution < -0.4 is 21.3 Å². The summed E-state index contributed by atoms with van der Waals surface area (Å²) in [5.41, 5.74) is 3.01. The third-order valence-electron chi connectivity index (χ3n) is 4.29. The van der Waals surface area contributed by atoms with Gasteiger partial charge in [-0.3, -0.25) is 10.3 Å². The first-order chi connectivity index (χ1) is 13.1. The largest absolute Gasteiger partial charge is 0.378 e. The van der Waals surface area contributed by atoms with Crippen molar-refractivity contribution in [1.29, 1.82) is 5.41 Å². The molecule has 27 heavy (non-hydrogen) atoms. The van der Waals surface area contributed by atoms with E-state index in [1.807, 2.05) is 19.1 Å². The number of ether oxygens (including phenoxy) is 1. The number of rotatable bonds is 6. The Morgan fingerprint density at radius 3 is 2.96 bits per heavy atom. The predicted molar refractivity (Wildman–Crippen MR) is 104 cm³/mol. The summed E-state index contributed by atoms with van der Waals surface area (Å²) >= 11 is 0. The molecule has 2 aromatic rings. The van der Waals surface area contributed by atoms with Gasteiger partial charge in [0.05, 0.1) is 24.0 Å². The zero-order valence-electron chi connectivity index (χ0n) is 15.2. The number of hydrogen-bond donors (Lipinski definition) is 5. The molecule has 2 atom stereocenters. The van der Waals surface area contributed by atoms with Gasteiger partial charge >= 0.3 is 6.03 Å². The maximum absolute atomic E-state index is 12.2. The SMILES string of the molecule is CO[C@H]1CNC[C@@H]1NC(=O)Nc1cc(C=N)c(Nc2ccnc(C)c2)cn1. The maximum atomic E-state index is 12.2. The first-order valence-corrected chi connectivity index (χ1v) is 8.60. The van der Waals surface area contributed by atoms with Crippen LogP contribution in [0.25, 0.3) is 0 Å². The number of anilines is 3. The molecule has 142 valence electrons. The van der Waals surface area contributed by atoms with Crippen LogP contribution in [0.3, 0.4) is 0 Å². The maximum Gasteiger partial charge on any atom is 0.320 e. The molecule has 2 amide bonds. The van der Waals surface area contributed by atoms with E-state index in [9.17, 15) is 4.79 Å². The molecule has 1 aliphatic rings. The van der Waals surface area contributed by atoms with Crippen molar-refractivity contribution in [2.24, 2.45) is 0 Å². The zero-order valence-corrected chi connectivity index (χ0v) is 15.2. The third kappa shape index (κ3) is 4.78. The normalized spacial score (nSPS) is 18.7. The number of carbonyl (C=O) groups excluding carboxylic acids is 1. The first-order valence-electron chi connectivity index (χ1n) is 8.60. The summed E-state index contributed by atoms with van der Waals surface area (Å²) in [5.74, 6) is 0.363. The van der Waals surface area contributed by atoms with Crippen LogP contribution in [-0.4, -0.2) is 54.6 Å². The second-order valence-electron chi connectivity index (χ2n) is 6.25. The van der Waals surface area contributed by atoms with E-state index in [0.29, 0.717) is 30.2 Å². The predicted octanol–water partition coefficient (Wildman–Crippen LogP) is 1.63. The number of urea groups is 1. The molecule has 0 saturated carbocycles. The second kappa shape index (κ2) is 8.56. The second-order valence-corrected chi connectivity index (χ2v) is 6.25. The van der Waals surface area contributed by atoms with Gasteiger partial charge in [0.2, 0.25) is 0 Å². The van der Waals surface area contributed by atoms with Gasteiger partial charge in [-0.25, -0.2) is 9.78 Å². The van der Waals surface area contributed by atoms with Crippen molar-refractivity contribution in [1.82, 2.24) is 20.6 Å². The quantitative estimate of drug-likeness (QED) is 0.493. The van der Waals surface area contributed by atoms with E-state index in [2.05, 4.69) is 31.2 Å². The summed E-state index contributed by atoms with van der Waals surface area (Å²) in [6, 6.07) is 4.91. The Labute approximate surface area is 157 Å². The minimum atomic E-state index is -0.361. The molecule has 1 saturated heterocycles. The Hall–Kier alpha value is -3.04. The molecule has 9 nitrogen and oxygen atoms in total. The highest BCUT2D eigenvalue weighted by Gasteiger charge is 2.28. The standard InChI is InChI=1S/C18H23N7O2/c1-11-5-13(3-4-21-11)23-14-9-22-17(6-12(14)7-19)25-18(26)24-15-8-20-10-16(15)27-2/h3-7,9,15-16,19-20H,8,10H2,1-2H3,(H,21,23)(H2,22,24,25,26)/t15-,16-/m0/s1. The third-order valence-corrected chi connectivity index (χ3v) is 4.29. The van der Waals surface area contributed by atoms with Gasteiger partial charge in [-0.05, 0) is 25.1 Å². The highest BCUT2D eigenvalue weighted by molar-refractivity contribution is 5.92.